The molecular formula is C22H21N5O2. The number of carbonyl (C=O) groups excluding carboxylic acids is 1. The van der Waals surface area contributed by atoms with E-state index in [1.807, 2.05) is 35.2 Å². The van der Waals surface area contributed by atoms with Crippen LogP contribution in [0.2, 0.25) is 0 Å². The lowest BCUT2D eigenvalue weighted by Crippen LogP contribution is -2.55. The molecule has 5 rings (SSSR count). The molecule has 1 spiro atoms. The molecule has 0 bridgehead atoms. The fourth-order valence-electron chi connectivity index (χ4n) is 3.95. The second-order valence-corrected chi connectivity index (χ2v) is 7.37. The smallest absolute Gasteiger partial charge is 0.257 e. The summed E-state index contributed by atoms with van der Waals surface area (Å²) < 4.78 is 5.08. The van der Waals surface area contributed by atoms with Crippen molar-refractivity contribution in [3.63, 3.8) is 0 Å². The number of fused-ring (bicyclic) bond motifs is 1. The number of hydrogen-bond acceptors (Lipinski definition) is 5. The first kappa shape index (κ1) is 17.5. The van der Waals surface area contributed by atoms with E-state index in [1.54, 1.807) is 12.3 Å². The second kappa shape index (κ2) is 7.09. The molecule has 0 saturated carbocycles. The van der Waals surface area contributed by atoms with E-state index in [2.05, 4.69) is 27.8 Å². The van der Waals surface area contributed by atoms with Gasteiger partial charge in [0.25, 0.3) is 5.91 Å². The Labute approximate surface area is 168 Å². The summed E-state index contributed by atoms with van der Waals surface area (Å²) in [6.45, 7) is 1.72. The molecule has 1 amide bonds. The van der Waals surface area contributed by atoms with E-state index in [9.17, 15) is 4.79 Å². The summed E-state index contributed by atoms with van der Waals surface area (Å²) in [6.07, 6.45) is 5.52. The van der Waals surface area contributed by atoms with Gasteiger partial charge in [-0.25, -0.2) is 4.98 Å². The number of furan rings is 1. The topological polar surface area (TPSA) is 82.8 Å². The molecule has 1 saturated heterocycles. The summed E-state index contributed by atoms with van der Waals surface area (Å²) in [5.41, 5.74) is 2.15. The summed E-state index contributed by atoms with van der Waals surface area (Å²) in [4.78, 5) is 24.0. The van der Waals surface area contributed by atoms with E-state index in [1.165, 1.54) is 12.5 Å². The quantitative estimate of drug-likeness (QED) is 0.720. The summed E-state index contributed by atoms with van der Waals surface area (Å²) in [5, 5.41) is 7.03. The largest absolute Gasteiger partial charge is 0.472 e. The summed E-state index contributed by atoms with van der Waals surface area (Å²) in [5.74, 6) is 1.54. The lowest BCUT2D eigenvalue weighted by atomic mass is 9.93. The first-order valence-electron chi connectivity index (χ1n) is 9.64. The van der Waals surface area contributed by atoms with Gasteiger partial charge in [0.1, 0.15) is 17.6 Å². The zero-order valence-electron chi connectivity index (χ0n) is 15.8. The highest BCUT2D eigenvalue weighted by molar-refractivity contribution is 6.09. The van der Waals surface area contributed by atoms with Crippen LogP contribution in [0.5, 0.6) is 0 Å². The molecule has 2 aliphatic heterocycles. The average Bonchev–Trinajstić information content (AvgIpc) is 3.44. The van der Waals surface area contributed by atoms with Crippen molar-refractivity contribution in [3.8, 4) is 0 Å². The first-order valence-corrected chi connectivity index (χ1v) is 9.64. The van der Waals surface area contributed by atoms with Crippen molar-refractivity contribution in [2.75, 3.05) is 23.7 Å². The number of amidine groups is 1. The molecule has 146 valence electrons. The Morgan fingerprint density at radius 2 is 2.10 bits per heavy atom. The monoisotopic (exact) mass is 387 g/mol. The molecule has 4 heterocycles. The number of anilines is 2. The van der Waals surface area contributed by atoms with Gasteiger partial charge in [-0.1, -0.05) is 30.3 Å². The summed E-state index contributed by atoms with van der Waals surface area (Å²) >= 11 is 0. The van der Waals surface area contributed by atoms with Crippen LogP contribution >= 0.6 is 0 Å². The van der Waals surface area contributed by atoms with Crippen LogP contribution in [0.3, 0.4) is 0 Å². The van der Waals surface area contributed by atoms with Crippen LogP contribution in [-0.2, 0) is 6.54 Å². The minimum Gasteiger partial charge on any atom is -0.472 e. The van der Waals surface area contributed by atoms with Crippen LogP contribution in [0.15, 0.2) is 76.7 Å². The molecule has 1 fully saturated rings. The van der Waals surface area contributed by atoms with E-state index in [-0.39, 0.29) is 5.91 Å². The van der Waals surface area contributed by atoms with E-state index >= 15 is 0 Å². The third-order valence-corrected chi connectivity index (χ3v) is 5.46. The molecule has 7 nitrogen and oxygen atoms in total. The molecule has 0 unspecified atom stereocenters. The van der Waals surface area contributed by atoms with Crippen molar-refractivity contribution in [2.45, 2.75) is 18.5 Å². The molecular weight excluding hydrogens is 366 g/mol. The molecule has 2 N–H and O–H groups in total. The summed E-state index contributed by atoms with van der Waals surface area (Å²) in [7, 11) is 0. The lowest BCUT2D eigenvalue weighted by molar-refractivity contribution is 0.0788. The number of pyridine rings is 1. The van der Waals surface area contributed by atoms with Gasteiger partial charge in [-0.15, -0.1) is 0 Å². The highest BCUT2D eigenvalue weighted by Gasteiger charge is 2.47. The van der Waals surface area contributed by atoms with E-state index < -0.39 is 5.54 Å². The molecule has 2 aromatic heterocycles. The molecule has 3 aromatic rings. The predicted octanol–water partition coefficient (Wildman–Crippen LogP) is 3.40. The fourth-order valence-corrected chi connectivity index (χ4v) is 3.95. The average molecular weight is 387 g/mol. The molecule has 2 aliphatic rings. The standard InChI is InChI=1S/C22H21N5O2/c28-20(17-8-12-29-14-17)27-11-9-22(15-27)21(24-13-16-5-2-1-3-6-16)25-19-18(26-22)7-4-10-23-19/h1-8,10,12,14,26H,9,11,13,15H2,(H,23,24,25)/t22-/m0/s1. The highest BCUT2D eigenvalue weighted by atomic mass is 16.3. The number of likely N-dealkylation sites (tertiary alicyclic amines) is 1. The zero-order valence-corrected chi connectivity index (χ0v) is 15.8. The number of nitrogens with one attached hydrogen (secondary N) is 2. The number of nitrogens with zero attached hydrogens (tertiary/aromatic N) is 3. The number of hydrogen-bond donors (Lipinski definition) is 2. The predicted molar refractivity (Wildman–Crippen MR) is 111 cm³/mol. The van der Waals surface area contributed by atoms with Gasteiger partial charge in [0.15, 0.2) is 5.82 Å². The third-order valence-electron chi connectivity index (χ3n) is 5.46. The molecule has 0 radical (unpaired) electrons. The van der Waals surface area contributed by atoms with Gasteiger partial charge >= 0.3 is 0 Å². The highest BCUT2D eigenvalue weighted by Crippen LogP contribution is 2.36. The van der Waals surface area contributed by atoms with Gasteiger partial charge in [0, 0.05) is 12.7 Å². The number of carbonyl (C=O) groups is 1. The maximum absolute atomic E-state index is 12.8. The number of amides is 1. The van der Waals surface area contributed by atoms with Crippen LogP contribution in [0.25, 0.3) is 0 Å². The van der Waals surface area contributed by atoms with Gasteiger partial charge in [0.2, 0.25) is 0 Å². The fraction of sp³-hybridized carbons (Fsp3) is 0.227. The molecule has 1 atom stereocenters. The molecule has 29 heavy (non-hydrogen) atoms. The minimum atomic E-state index is -0.468. The SMILES string of the molecule is O=C(c1ccoc1)N1CC[C@@]2(C1)Nc1cccnc1NC2=NCc1ccccc1. The number of benzene rings is 1. The minimum absolute atomic E-state index is 0.0307. The Morgan fingerprint density at radius 1 is 1.21 bits per heavy atom. The van der Waals surface area contributed by atoms with Crippen molar-refractivity contribution in [2.24, 2.45) is 4.99 Å². The number of rotatable bonds is 3. The Hall–Kier alpha value is -3.61. The van der Waals surface area contributed by atoms with Gasteiger partial charge < -0.3 is 20.0 Å². The molecule has 1 aromatic carbocycles. The van der Waals surface area contributed by atoms with Crippen LogP contribution in [0.1, 0.15) is 22.3 Å². The third kappa shape index (κ3) is 3.24. The van der Waals surface area contributed by atoms with E-state index in [0.717, 1.165) is 29.3 Å². The van der Waals surface area contributed by atoms with E-state index in [4.69, 9.17) is 9.41 Å². The Bertz CT molecular complexity index is 1050. The second-order valence-electron chi connectivity index (χ2n) is 7.37. The van der Waals surface area contributed by atoms with Crippen LogP contribution < -0.4 is 10.6 Å². The summed E-state index contributed by atoms with van der Waals surface area (Å²) in [6, 6.07) is 15.7. The van der Waals surface area contributed by atoms with Crippen LogP contribution in [0, 0.1) is 0 Å². The Morgan fingerprint density at radius 3 is 2.93 bits per heavy atom. The number of aromatic nitrogens is 1. The lowest BCUT2D eigenvalue weighted by Gasteiger charge is -2.38. The molecule has 7 heteroatoms. The van der Waals surface area contributed by atoms with Gasteiger partial charge in [0.05, 0.1) is 30.6 Å². The van der Waals surface area contributed by atoms with Crippen molar-refractivity contribution in [1.29, 1.82) is 0 Å². The van der Waals surface area contributed by atoms with Crippen molar-refractivity contribution < 1.29 is 9.21 Å². The van der Waals surface area contributed by atoms with Gasteiger partial charge in [-0.3, -0.25) is 9.79 Å². The van der Waals surface area contributed by atoms with Gasteiger partial charge in [-0.2, -0.15) is 0 Å². The Balaban J connectivity index is 1.46. The maximum Gasteiger partial charge on any atom is 0.257 e. The van der Waals surface area contributed by atoms with Gasteiger partial charge in [-0.05, 0) is 30.2 Å². The zero-order chi connectivity index (χ0) is 19.7. The van der Waals surface area contributed by atoms with Crippen molar-refractivity contribution >= 4 is 23.2 Å². The van der Waals surface area contributed by atoms with Crippen molar-refractivity contribution in [1.82, 2.24) is 9.88 Å². The maximum atomic E-state index is 12.8. The van der Waals surface area contributed by atoms with E-state index in [0.29, 0.717) is 25.2 Å². The van der Waals surface area contributed by atoms with Crippen molar-refractivity contribution in [3.05, 3.63) is 78.4 Å². The Kier molecular flexibility index (Phi) is 4.27. The van der Waals surface area contributed by atoms with Crippen LogP contribution in [-0.4, -0.2) is 40.3 Å². The normalized spacial score (nSPS) is 21.7. The molecule has 0 aliphatic carbocycles. The first-order chi connectivity index (χ1) is 14.2. The number of aliphatic imine (C=N–C) groups is 1. The van der Waals surface area contributed by atoms with Crippen LogP contribution in [0.4, 0.5) is 11.5 Å².